The van der Waals surface area contributed by atoms with E-state index >= 15 is 0 Å². The van der Waals surface area contributed by atoms with E-state index in [1.165, 1.54) is 23.1 Å². The van der Waals surface area contributed by atoms with Gasteiger partial charge in [0.25, 0.3) is 5.56 Å². The van der Waals surface area contributed by atoms with Crippen molar-refractivity contribution in [3.05, 3.63) is 71.1 Å². The highest BCUT2D eigenvalue weighted by Crippen LogP contribution is 2.32. The number of thioether (sulfide) groups is 1. The van der Waals surface area contributed by atoms with E-state index in [0.717, 1.165) is 23.3 Å². The van der Waals surface area contributed by atoms with E-state index in [4.69, 9.17) is 9.51 Å². The molecule has 148 valence electrons. The Morgan fingerprint density at radius 3 is 2.86 bits per heavy atom. The first-order valence-corrected chi connectivity index (χ1v) is 11.1. The molecule has 1 aromatic carbocycles. The van der Waals surface area contributed by atoms with E-state index in [-0.39, 0.29) is 5.56 Å². The highest BCUT2D eigenvalue weighted by atomic mass is 32.2. The molecule has 0 bridgehead atoms. The van der Waals surface area contributed by atoms with Crippen molar-refractivity contribution in [2.45, 2.75) is 37.2 Å². The molecule has 3 aromatic heterocycles. The number of benzene rings is 1. The molecule has 0 amide bonds. The molecule has 4 rings (SSSR count). The molecule has 8 heteroatoms. The third-order valence-electron chi connectivity index (χ3n) is 4.28. The average molecular weight is 425 g/mol. The van der Waals surface area contributed by atoms with Gasteiger partial charge < -0.3 is 4.52 Å². The summed E-state index contributed by atoms with van der Waals surface area (Å²) in [5, 5.41) is 4.60. The lowest BCUT2D eigenvalue weighted by Gasteiger charge is -2.08. The van der Waals surface area contributed by atoms with Gasteiger partial charge in [-0.2, -0.15) is 4.98 Å². The van der Waals surface area contributed by atoms with E-state index in [9.17, 15) is 4.79 Å². The highest BCUT2D eigenvalue weighted by Gasteiger charge is 2.16. The first kappa shape index (κ1) is 19.6. The van der Waals surface area contributed by atoms with Crippen molar-refractivity contribution in [1.82, 2.24) is 19.7 Å². The number of nitrogens with zero attached hydrogens (tertiary/aromatic N) is 4. The molecule has 0 aliphatic carbocycles. The number of fused-ring (bicyclic) bond motifs is 1. The third-order valence-corrected chi connectivity index (χ3v) is 6.40. The van der Waals surface area contributed by atoms with Crippen molar-refractivity contribution in [2.75, 3.05) is 0 Å². The second-order valence-electron chi connectivity index (χ2n) is 6.43. The number of hydrogen-bond acceptors (Lipinski definition) is 7. The Labute approximate surface area is 176 Å². The normalized spacial score (nSPS) is 11.2. The number of thiophene rings is 1. The summed E-state index contributed by atoms with van der Waals surface area (Å²) >= 11 is 2.89. The number of rotatable bonds is 8. The Hall–Kier alpha value is -2.71. The van der Waals surface area contributed by atoms with Crippen LogP contribution in [0, 0.1) is 0 Å². The minimum atomic E-state index is -0.0539. The molecular formula is C21H20N4O2S2. The minimum Gasteiger partial charge on any atom is -0.338 e. The minimum absolute atomic E-state index is 0.0539. The number of hydrogen-bond donors (Lipinski definition) is 0. The topological polar surface area (TPSA) is 73.8 Å². The number of aryl methyl sites for hydroxylation is 1. The summed E-state index contributed by atoms with van der Waals surface area (Å²) < 4.78 is 7.60. The molecule has 6 nitrogen and oxygen atoms in total. The van der Waals surface area contributed by atoms with Crippen LogP contribution in [0.1, 0.15) is 25.1 Å². The summed E-state index contributed by atoms with van der Waals surface area (Å²) in [6.07, 6.45) is 3.46. The zero-order chi connectivity index (χ0) is 20.2. The van der Waals surface area contributed by atoms with E-state index in [0.29, 0.717) is 39.4 Å². The van der Waals surface area contributed by atoms with Crippen molar-refractivity contribution >= 4 is 33.3 Å². The van der Waals surface area contributed by atoms with Gasteiger partial charge in [-0.3, -0.25) is 9.36 Å². The van der Waals surface area contributed by atoms with Crippen molar-refractivity contribution in [3.63, 3.8) is 0 Å². The molecule has 0 atom stereocenters. The zero-order valence-corrected chi connectivity index (χ0v) is 17.6. The number of allylic oxidation sites excluding steroid dienone is 1. The van der Waals surface area contributed by atoms with Crippen LogP contribution in [-0.4, -0.2) is 19.7 Å². The van der Waals surface area contributed by atoms with E-state index in [2.05, 4.69) is 23.6 Å². The van der Waals surface area contributed by atoms with Gasteiger partial charge in [0.2, 0.25) is 5.89 Å². The van der Waals surface area contributed by atoms with Crippen molar-refractivity contribution in [1.29, 1.82) is 0 Å². The maximum absolute atomic E-state index is 13.1. The zero-order valence-electron chi connectivity index (χ0n) is 16.0. The quantitative estimate of drug-likeness (QED) is 0.227. The molecular weight excluding hydrogens is 404 g/mol. The van der Waals surface area contributed by atoms with Gasteiger partial charge in [-0.05, 0) is 18.1 Å². The molecule has 0 saturated heterocycles. The summed E-state index contributed by atoms with van der Waals surface area (Å²) in [5.74, 6) is 1.70. The Morgan fingerprint density at radius 2 is 2.10 bits per heavy atom. The summed E-state index contributed by atoms with van der Waals surface area (Å²) in [7, 11) is 0. The molecule has 0 radical (unpaired) electrons. The smallest absolute Gasteiger partial charge is 0.272 e. The van der Waals surface area contributed by atoms with Crippen LogP contribution < -0.4 is 5.56 Å². The maximum Gasteiger partial charge on any atom is 0.272 e. The molecule has 4 aromatic rings. The second kappa shape index (κ2) is 8.75. The van der Waals surface area contributed by atoms with Crippen molar-refractivity contribution in [2.24, 2.45) is 0 Å². The largest absolute Gasteiger partial charge is 0.338 e. The lowest BCUT2D eigenvalue weighted by Crippen LogP contribution is -2.21. The van der Waals surface area contributed by atoms with Crippen LogP contribution in [0.15, 0.2) is 63.5 Å². The Morgan fingerprint density at radius 1 is 1.28 bits per heavy atom. The van der Waals surface area contributed by atoms with E-state index in [1.807, 2.05) is 36.4 Å². The summed E-state index contributed by atoms with van der Waals surface area (Å²) in [4.78, 5) is 23.3. The van der Waals surface area contributed by atoms with Gasteiger partial charge in [0.05, 0.1) is 11.3 Å². The van der Waals surface area contributed by atoms with Crippen LogP contribution in [0.25, 0.3) is 20.7 Å². The standard InChI is InChI=1S/C21H20N4O2S2/c1-3-8-17-23-18(27-24-17)13-28-21-22-15-12-16(14-9-6-5-7-10-14)29-19(15)20(26)25(21)11-4-2/h4-7,9-10,12H,2-3,8,11,13H2,1H3. The predicted octanol–water partition coefficient (Wildman–Crippen LogP) is 4.94. The Kier molecular flexibility index (Phi) is 5.92. The van der Waals surface area contributed by atoms with Gasteiger partial charge in [-0.1, -0.05) is 60.3 Å². The van der Waals surface area contributed by atoms with Crippen LogP contribution in [0.5, 0.6) is 0 Å². The van der Waals surface area contributed by atoms with E-state index < -0.39 is 0 Å². The molecule has 0 aliphatic rings. The lowest BCUT2D eigenvalue weighted by atomic mass is 10.2. The monoisotopic (exact) mass is 424 g/mol. The first-order chi connectivity index (χ1) is 14.2. The second-order valence-corrected chi connectivity index (χ2v) is 8.43. The van der Waals surface area contributed by atoms with E-state index in [1.54, 1.807) is 10.6 Å². The van der Waals surface area contributed by atoms with Crippen LogP contribution >= 0.6 is 23.1 Å². The third kappa shape index (κ3) is 4.18. The summed E-state index contributed by atoms with van der Waals surface area (Å²) in [6.45, 7) is 6.25. The molecule has 0 N–H and O–H groups in total. The SMILES string of the molecule is C=CCn1c(SCc2nc(CCC)no2)nc2cc(-c3ccccc3)sc2c1=O. The van der Waals surface area contributed by atoms with Gasteiger partial charge in [0, 0.05) is 17.8 Å². The van der Waals surface area contributed by atoms with Crippen molar-refractivity contribution < 1.29 is 4.52 Å². The molecule has 3 heterocycles. The van der Waals surface area contributed by atoms with Crippen LogP contribution in [0.3, 0.4) is 0 Å². The predicted molar refractivity (Wildman–Crippen MR) is 117 cm³/mol. The van der Waals surface area contributed by atoms with Gasteiger partial charge >= 0.3 is 0 Å². The fraction of sp³-hybridized carbons (Fsp3) is 0.238. The van der Waals surface area contributed by atoms with Crippen LogP contribution in [0.2, 0.25) is 0 Å². The maximum atomic E-state index is 13.1. The molecule has 0 unspecified atom stereocenters. The van der Waals surface area contributed by atoms with Crippen LogP contribution in [0.4, 0.5) is 0 Å². The molecule has 0 fully saturated rings. The molecule has 29 heavy (non-hydrogen) atoms. The summed E-state index contributed by atoms with van der Waals surface area (Å²) in [6, 6.07) is 12.0. The lowest BCUT2D eigenvalue weighted by molar-refractivity contribution is 0.384. The fourth-order valence-corrected chi connectivity index (χ4v) is 4.83. The highest BCUT2D eigenvalue weighted by molar-refractivity contribution is 7.98. The summed E-state index contributed by atoms with van der Waals surface area (Å²) in [5.41, 5.74) is 1.73. The van der Waals surface area contributed by atoms with Crippen molar-refractivity contribution in [3.8, 4) is 10.4 Å². The average Bonchev–Trinajstić information content (AvgIpc) is 3.37. The fourth-order valence-electron chi connectivity index (χ4n) is 2.94. The Balaban J connectivity index is 1.69. The van der Waals surface area contributed by atoms with Gasteiger partial charge in [0.15, 0.2) is 11.0 Å². The molecule has 0 aliphatic heterocycles. The van der Waals surface area contributed by atoms with Gasteiger partial charge in [-0.25, -0.2) is 4.98 Å². The Bertz CT molecular complexity index is 1190. The number of aromatic nitrogens is 4. The first-order valence-electron chi connectivity index (χ1n) is 9.34. The van der Waals surface area contributed by atoms with Gasteiger partial charge in [-0.15, -0.1) is 17.9 Å². The molecule has 0 spiro atoms. The van der Waals surface area contributed by atoms with Gasteiger partial charge in [0.1, 0.15) is 4.70 Å². The van der Waals surface area contributed by atoms with Crippen LogP contribution in [-0.2, 0) is 18.7 Å². The molecule has 0 saturated carbocycles.